The van der Waals surface area contributed by atoms with Crippen molar-refractivity contribution >= 4 is 17.5 Å². The highest BCUT2D eigenvalue weighted by Crippen LogP contribution is 2.32. The van der Waals surface area contributed by atoms with Crippen LogP contribution < -0.4 is 14.8 Å². The van der Waals surface area contributed by atoms with Gasteiger partial charge in [-0.3, -0.25) is 14.6 Å². The number of amides is 2. The number of rotatable bonds is 3. The van der Waals surface area contributed by atoms with Crippen molar-refractivity contribution in [2.45, 2.75) is 19.3 Å². The van der Waals surface area contributed by atoms with E-state index in [1.165, 1.54) is 12.4 Å². The monoisotopic (exact) mass is 367 g/mol. The van der Waals surface area contributed by atoms with Gasteiger partial charge in [0.05, 0.1) is 11.1 Å². The van der Waals surface area contributed by atoms with Crippen molar-refractivity contribution in [1.29, 1.82) is 0 Å². The van der Waals surface area contributed by atoms with E-state index in [-0.39, 0.29) is 11.8 Å². The van der Waals surface area contributed by atoms with E-state index in [0.29, 0.717) is 41.5 Å². The molecule has 0 saturated carbocycles. The topological polar surface area (TPSA) is 80.8 Å². The van der Waals surface area contributed by atoms with Crippen LogP contribution in [-0.2, 0) is 0 Å². The number of nitrogens with zero attached hydrogens (tertiary/aromatic N) is 2. The third-order valence-corrected chi connectivity index (χ3v) is 4.69. The molecule has 0 unspecified atom stereocenters. The van der Waals surface area contributed by atoms with Gasteiger partial charge < -0.3 is 19.7 Å². The van der Waals surface area contributed by atoms with Crippen LogP contribution in [0, 0.1) is 0 Å². The normalized spacial score (nSPS) is 15.9. The largest absolute Gasteiger partial charge is 0.486 e. The number of benzene rings is 1. The van der Waals surface area contributed by atoms with Crippen LogP contribution in [0.5, 0.6) is 11.5 Å². The summed E-state index contributed by atoms with van der Waals surface area (Å²) in [6.45, 7) is 2.51. The van der Waals surface area contributed by atoms with Gasteiger partial charge in [0.15, 0.2) is 11.5 Å². The summed E-state index contributed by atoms with van der Waals surface area (Å²) in [5, 5.41) is 2.81. The second-order valence-electron chi connectivity index (χ2n) is 6.63. The van der Waals surface area contributed by atoms with Crippen molar-refractivity contribution < 1.29 is 19.1 Å². The fourth-order valence-electron chi connectivity index (χ4n) is 3.29. The number of carbonyl (C=O) groups excluding carboxylic acids is 2. The minimum Gasteiger partial charge on any atom is -0.486 e. The SMILES string of the molecule is O=C(Nc1ccc2c(c1)OCCO2)c1cncc(C(=O)N2CCCCC2)c1. The van der Waals surface area contributed by atoms with Crippen molar-refractivity contribution in [1.82, 2.24) is 9.88 Å². The lowest BCUT2D eigenvalue weighted by molar-refractivity contribution is 0.0724. The zero-order chi connectivity index (χ0) is 18.6. The van der Waals surface area contributed by atoms with Gasteiger partial charge in [0, 0.05) is 37.2 Å². The van der Waals surface area contributed by atoms with E-state index < -0.39 is 0 Å². The van der Waals surface area contributed by atoms with Crippen LogP contribution >= 0.6 is 0 Å². The Balaban J connectivity index is 1.48. The van der Waals surface area contributed by atoms with Gasteiger partial charge in [-0.2, -0.15) is 0 Å². The summed E-state index contributed by atoms with van der Waals surface area (Å²) in [4.78, 5) is 31.1. The van der Waals surface area contributed by atoms with Gasteiger partial charge in [0.2, 0.25) is 0 Å². The molecule has 2 amide bonds. The van der Waals surface area contributed by atoms with Crippen LogP contribution in [0.1, 0.15) is 40.0 Å². The highest BCUT2D eigenvalue weighted by atomic mass is 16.6. The molecule has 1 fully saturated rings. The summed E-state index contributed by atoms with van der Waals surface area (Å²) in [6, 6.07) is 6.83. The molecule has 0 aliphatic carbocycles. The summed E-state index contributed by atoms with van der Waals surface area (Å²) < 4.78 is 11.0. The summed E-state index contributed by atoms with van der Waals surface area (Å²) in [5.41, 5.74) is 1.37. The average Bonchev–Trinajstić information content (AvgIpc) is 2.74. The number of carbonyl (C=O) groups is 2. The van der Waals surface area contributed by atoms with Crippen molar-refractivity contribution in [3.63, 3.8) is 0 Å². The molecule has 3 heterocycles. The first kappa shape index (κ1) is 17.3. The standard InChI is InChI=1S/C20H21N3O4/c24-19(22-16-4-5-17-18(11-16)27-9-8-26-17)14-10-15(13-21-12-14)20(25)23-6-2-1-3-7-23/h4-5,10-13H,1-3,6-9H2,(H,22,24). The lowest BCUT2D eigenvalue weighted by atomic mass is 10.1. The van der Waals surface area contributed by atoms with E-state index in [9.17, 15) is 9.59 Å². The third kappa shape index (κ3) is 3.86. The van der Waals surface area contributed by atoms with Crippen LogP contribution in [0.4, 0.5) is 5.69 Å². The lowest BCUT2D eigenvalue weighted by Gasteiger charge is -2.26. The van der Waals surface area contributed by atoms with E-state index in [0.717, 1.165) is 32.4 Å². The maximum Gasteiger partial charge on any atom is 0.257 e. The number of piperidine rings is 1. The zero-order valence-electron chi connectivity index (χ0n) is 14.9. The van der Waals surface area contributed by atoms with Gasteiger partial charge in [-0.05, 0) is 37.5 Å². The van der Waals surface area contributed by atoms with Crippen molar-refractivity contribution in [3.8, 4) is 11.5 Å². The molecular formula is C20H21N3O4. The van der Waals surface area contributed by atoms with Gasteiger partial charge in [0.1, 0.15) is 13.2 Å². The Bertz CT molecular complexity index is 862. The van der Waals surface area contributed by atoms with Crippen LogP contribution in [0.25, 0.3) is 0 Å². The molecule has 7 nitrogen and oxygen atoms in total. The molecule has 2 aromatic rings. The summed E-state index contributed by atoms with van der Waals surface area (Å²) >= 11 is 0. The minimum atomic E-state index is -0.326. The van der Waals surface area contributed by atoms with Gasteiger partial charge in [0.25, 0.3) is 11.8 Å². The maximum atomic E-state index is 12.6. The van der Waals surface area contributed by atoms with Crippen LogP contribution in [-0.4, -0.2) is 48.0 Å². The molecular weight excluding hydrogens is 346 g/mol. The second kappa shape index (κ2) is 7.65. The zero-order valence-corrected chi connectivity index (χ0v) is 14.9. The Morgan fingerprint density at radius 3 is 2.48 bits per heavy atom. The molecule has 1 saturated heterocycles. The van der Waals surface area contributed by atoms with E-state index >= 15 is 0 Å². The molecule has 0 radical (unpaired) electrons. The van der Waals surface area contributed by atoms with Gasteiger partial charge in [-0.1, -0.05) is 0 Å². The number of likely N-dealkylation sites (tertiary alicyclic amines) is 1. The number of anilines is 1. The highest BCUT2D eigenvalue weighted by molar-refractivity contribution is 6.06. The smallest absolute Gasteiger partial charge is 0.257 e. The van der Waals surface area contributed by atoms with Crippen LogP contribution in [0.3, 0.4) is 0 Å². The maximum absolute atomic E-state index is 12.6. The molecule has 1 aromatic heterocycles. The first-order chi connectivity index (χ1) is 13.2. The fraction of sp³-hybridized carbons (Fsp3) is 0.350. The third-order valence-electron chi connectivity index (χ3n) is 4.69. The van der Waals surface area contributed by atoms with Gasteiger partial charge in [-0.15, -0.1) is 0 Å². The van der Waals surface area contributed by atoms with E-state index in [1.807, 2.05) is 4.90 Å². The summed E-state index contributed by atoms with van der Waals surface area (Å²) in [7, 11) is 0. The summed E-state index contributed by atoms with van der Waals surface area (Å²) in [6.07, 6.45) is 6.16. The van der Waals surface area contributed by atoms with E-state index in [4.69, 9.17) is 9.47 Å². The Morgan fingerprint density at radius 2 is 1.67 bits per heavy atom. The van der Waals surface area contributed by atoms with Crippen LogP contribution in [0.15, 0.2) is 36.7 Å². The van der Waals surface area contributed by atoms with Crippen molar-refractivity contribution in [2.24, 2.45) is 0 Å². The number of nitrogens with one attached hydrogen (secondary N) is 1. The van der Waals surface area contributed by atoms with E-state index in [1.54, 1.807) is 24.3 Å². The Hall–Kier alpha value is -3.09. The number of aromatic nitrogens is 1. The first-order valence-electron chi connectivity index (χ1n) is 9.16. The van der Waals surface area contributed by atoms with Gasteiger partial charge in [-0.25, -0.2) is 0 Å². The molecule has 1 N–H and O–H groups in total. The molecule has 4 rings (SSSR count). The van der Waals surface area contributed by atoms with Gasteiger partial charge >= 0.3 is 0 Å². The van der Waals surface area contributed by atoms with Crippen LogP contribution in [0.2, 0.25) is 0 Å². The molecule has 0 spiro atoms. The van der Waals surface area contributed by atoms with Crippen molar-refractivity contribution in [2.75, 3.05) is 31.6 Å². The quantitative estimate of drug-likeness (QED) is 0.902. The predicted molar refractivity (Wildman–Crippen MR) is 99.4 cm³/mol. The average molecular weight is 367 g/mol. The number of pyridine rings is 1. The molecule has 0 bridgehead atoms. The number of fused-ring (bicyclic) bond motifs is 1. The molecule has 2 aliphatic heterocycles. The fourth-order valence-corrected chi connectivity index (χ4v) is 3.29. The number of hydrogen-bond acceptors (Lipinski definition) is 5. The Morgan fingerprint density at radius 1 is 0.926 bits per heavy atom. The second-order valence-corrected chi connectivity index (χ2v) is 6.63. The molecule has 2 aliphatic rings. The molecule has 7 heteroatoms. The number of hydrogen-bond donors (Lipinski definition) is 1. The Labute approximate surface area is 157 Å². The minimum absolute atomic E-state index is 0.0730. The molecule has 1 aromatic carbocycles. The van der Waals surface area contributed by atoms with Crippen molar-refractivity contribution in [3.05, 3.63) is 47.8 Å². The molecule has 0 atom stereocenters. The predicted octanol–water partition coefficient (Wildman–Crippen LogP) is 2.73. The lowest BCUT2D eigenvalue weighted by Crippen LogP contribution is -2.35. The highest BCUT2D eigenvalue weighted by Gasteiger charge is 2.20. The first-order valence-corrected chi connectivity index (χ1v) is 9.16. The summed E-state index contributed by atoms with van der Waals surface area (Å²) in [5.74, 6) is 0.866. The van der Waals surface area contributed by atoms with E-state index in [2.05, 4.69) is 10.3 Å². The Kier molecular flexibility index (Phi) is 4.91. The number of ether oxygens (including phenoxy) is 2. The molecule has 27 heavy (non-hydrogen) atoms. The molecule has 140 valence electrons.